The monoisotopic (exact) mass is 336 g/mol. The number of fused-ring (bicyclic) bond motifs is 1. The van der Waals surface area contributed by atoms with Crippen molar-refractivity contribution < 1.29 is 14.3 Å². The molecule has 0 atom stereocenters. The van der Waals surface area contributed by atoms with Crippen LogP contribution < -0.4 is 14.8 Å². The van der Waals surface area contributed by atoms with Gasteiger partial charge in [-0.3, -0.25) is 10.1 Å². The van der Waals surface area contributed by atoms with Gasteiger partial charge < -0.3 is 9.47 Å². The molecule has 0 aliphatic carbocycles. The summed E-state index contributed by atoms with van der Waals surface area (Å²) >= 11 is 7.02. The SMILES string of the molecule is O=C(/C=C\c1ccc2c(c1)OCCO2)Nc1nc(CCl)cs1. The van der Waals surface area contributed by atoms with Gasteiger partial charge in [0.2, 0.25) is 5.91 Å². The van der Waals surface area contributed by atoms with Crippen molar-refractivity contribution in [1.29, 1.82) is 0 Å². The number of amides is 1. The summed E-state index contributed by atoms with van der Waals surface area (Å²) in [5, 5.41) is 5.04. The van der Waals surface area contributed by atoms with Crippen molar-refractivity contribution in [3.63, 3.8) is 0 Å². The lowest BCUT2D eigenvalue weighted by molar-refractivity contribution is -0.111. The molecule has 5 nitrogen and oxygen atoms in total. The number of benzene rings is 1. The zero-order chi connectivity index (χ0) is 15.4. The van der Waals surface area contributed by atoms with Gasteiger partial charge in [-0.25, -0.2) is 4.98 Å². The Hall–Kier alpha value is -2.05. The van der Waals surface area contributed by atoms with Gasteiger partial charge >= 0.3 is 0 Å². The highest BCUT2D eigenvalue weighted by molar-refractivity contribution is 7.14. The minimum atomic E-state index is -0.245. The van der Waals surface area contributed by atoms with Crippen molar-refractivity contribution in [1.82, 2.24) is 4.98 Å². The Morgan fingerprint density at radius 3 is 2.95 bits per heavy atom. The van der Waals surface area contributed by atoms with E-state index in [0.29, 0.717) is 30.0 Å². The molecule has 22 heavy (non-hydrogen) atoms. The first-order chi connectivity index (χ1) is 10.7. The number of carbonyl (C=O) groups is 1. The Kier molecular flexibility index (Phi) is 4.60. The van der Waals surface area contributed by atoms with Gasteiger partial charge in [0.1, 0.15) is 13.2 Å². The molecule has 0 fully saturated rings. The number of hydrogen-bond donors (Lipinski definition) is 1. The second kappa shape index (κ2) is 6.81. The standard InChI is InChI=1S/C15H13ClN2O3S/c16-8-11-9-22-15(17-11)18-14(19)4-2-10-1-3-12-13(7-10)21-6-5-20-12/h1-4,7,9H,5-6,8H2,(H,17,18,19)/b4-2-. The predicted octanol–water partition coefficient (Wildman–Crippen LogP) is 3.31. The Morgan fingerprint density at radius 1 is 1.36 bits per heavy atom. The van der Waals surface area contributed by atoms with Gasteiger partial charge in [0.15, 0.2) is 16.6 Å². The molecule has 114 valence electrons. The maximum absolute atomic E-state index is 11.9. The van der Waals surface area contributed by atoms with E-state index >= 15 is 0 Å². The van der Waals surface area contributed by atoms with Gasteiger partial charge in [-0.05, 0) is 23.8 Å². The van der Waals surface area contributed by atoms with Crippen LogP contribution in [0.15, 0.2) is 29.7 Å². The first-order valence-corrected chi connectivity index (χ1v) is 8.05. The number of rotatable bonds is 4. The molecule has 1 aliphatic rings. The van der Waals surface area contributed by atoms with E-state index in [-0.39, 0.29) is 5.91 Å². The third kappa shape index (κ3) is 3.58. The van der Waals surface area contributed by atoms with Crippen LogP contribution in [-0.2, 0) is 10.7 Å². The number of anilines is 1. The summed E-state index contributed by atoms with van der Waals surface area (Å²) in [5.41, 5.74) is 1.61. The molecule has 1 amide bonds. The molecule has 0 unspecified atom stereocenters. The van der Waals surface area contributed by atoms with Crippen molar-refractivity contribution in [2.75, 3.05) is 18.5 Å². The van der Waals surface area contributed by atoms with E-state index in [1.165, 1.54) is 17.4 Å². The lowest BCUT2D eigenvalue weighted by Gasteiger charge is -2.18. The molecule has 1 aromatic carbocycles. The number of aromatic nitrogens is 1. The molecule has 0 saturated carbocycles. The molecule has 7 heteroatoms. The van der Waals surface area contributed by atoms with Crippen LogP contribution in [-0.4, -0.2) is 24.1 Å². The highest BCUT2D eigenvalue weighted by Gasteiger charge is 2.11. The summed E-state index contributed by atoms with van der Waals surface area (Å²) in [4.78, 5) is 16.0. The summed E-state index contributed by atoms with van der Waals surface area (Å²) in [5.74, 6) is 1.51. The van der Waals surface area contributed by atoms with Crippen LogP contribution in [0.25, 0.3) is 6.08 Å². The molecular weight excluding hydrogens is 324 g/mol. The van der Waals surface area contributed by atoms with Crippen LogP contribution in [0.4, 0.5) is 5.13 Å². The molecule has 0 spiro atoms. The fourth-order valence-corrected chi connectivity index (χ4v) is 2.85. The average molecular weight is 337 g/mol. The molecule has 3 rings (SSSR count). The predicted molar refractivity (Wildman–Crippen MR) is 86.8 cm³/mol. The number of hydrogen-bond acceptors (Lipinski definition) is 5. The number of halogens is 1. The van der Waals surface area contributed by atoms with Gasteiger partial charge in [0.25, 0.3) is 0 Å². The second-order valence-corrected chi connectivity index (χ2v) is 5.63. The Balaban J connectivity index is 1.64. The lowest BCUT2D eigenvalue weighted by atomic mass is 10.2. The third-order valence-electron chi connectivity index (χ3n) is 2.91. The van der Waals surface area contributed by atoms with Crippen LogP contribution in [0, 0.1) is 0 Å². The van der Waals surface area contributed by atoms with Crippen LogP contribution in [0.5, 0.6) is 11.5 Å². The smallest absolute Gasteiger partial charge is 0.250 e. The van der Waals surface area contributed by atoms with Crippen LogP contribution >= 0.6 is 22.9 Å². The molecule has 0 bridgehead atoms. The van der Waals surface area contributed by atoms with Crippen molar-refractivity contribution in [2.45, 2.75) is 5.88 Å². The Morgan fingerprint density at radius 2 is 2.18 bits per heavy atom. The Labute approximate surface area is 136 Å². The molecule has 2 aromatic rings. The Bertz CT molecular complexity index is 715. The topological polar surface area (TPSA) is 60.5 Å². The summed E-state index contributed by atoms with van der Waals surface area (Å²) < 4.78 is 11.0. The second-order valence-electron chi connectivity index (χ2n) is 4.50. The maximum Gasteiger partial charge on any atom is 0.250 e. The maximum atomic E-state index is 11.9. The number of nitrogens with zero attached hydrogens (tertiary/aromatic N) is 1. The van der Waals surface area contributed by atoms with Crippen molar-refractivity contribution in [2.24, 2.45) is 0 Å². The minimum absolute atomic E-state index is 0.245. The molecular formula is C15H13ClN2O3S. The summed E-state index contributed by atoms with van der Waals surface area (Å²) in [6, 6.07) is 5.54. The summed E-state index contributed by atoms with van der Waals surface area (Å²) in [6.07, 6.45) is 3.16. The molecule has 0 saturated heterocycles. The summed E-state index contributed by atoms with van der Waals surface area (Å²) in [7, 11) is 0. The molecule has 1 N–H and O–H groups in total. The molecule has 0 radical (unpaired) electrons. The lowest BCUT2D eigenvalue weighted by Crippen LogP contribution is -2.15. The van der Waals surface area contributed by atoms with Gasteiger partial charge in [0.05, 0.1) is 11.6 Å². The van der Waals surface area contributed by atoms with E-state index < -0.39 is 0 Å². The number of nitrogens with one attached hydrogen (secondary N) is 1. The highest BCUT2D eigenvalue weighted by Crippen LogP contribution is 2.31. The van der Waals surface area contributed by atoms with E-state index in [1.807, 2.05) is 23.6 Å². The first-order valence-electron chi connectivity index (χ1n) is 6.63. The molecule has 1 aliphatic heterocycles. The number of carbonyl (C=O) groups excluding carboxylic acids is 1. The van der Waals surface area contributed by atoms with Gasteiger partial charge in [-0.1, -0.05) is 6.07 Å². The van der Waals surface area contributed by atoms with Gasteiger partial charge in [0, 0.05) is 11.5 Å². The van der Waals surface area contributed by atoms with Crippen molar-refractivity contribution in [3.05, 3.63) is 40.9 Å². The average Bonchev–Trinajstić information content (AvgIpc) is 3.00. The van der Waals surface area contributed by atoms with E-state index in [9.17, 15) is 4.79 Å². The number of alkyl halides is 1. The van der Waals surface area contributed by atoms with Crippen LogP contribution in [0.1, 0.15) is 11.3 Å². The first kappa shape index (κ1) is 14.9. The highest BCUT2D eigenvalue weighted by atomic mass is 35.5. The number of ether oxygens (including phenoxy) is 2. The fraction of sp³-hybridized carbons (Fsp3) is 0.200. The summed E-state index contributed by atoms with van der Waals surface area (Å²) in [6.45, 7) is 1.09. The zero-order valence-corrected chi connectivity index (χ0v) is 13.1. The largest absolute Gasteiger partial charge is 0.486 e. The normalized spacial score (nSPS) is 13.3. The van der Waals surface area contributed by atoms with E-state index in [4.69, 9.17) is 21.1 Å². The number of thiazole rings is 1. The van der Waals surface area contributed by atoms with E-state index in [1.54, 1.807) is 6.08 Å². The van der Waals surface area contributed by atoms with E-state index in [2.05, 4.69) is 10.3 Å². The quantitative estimate of drug-likeness (QED) is 0.687. The zero-order valence-electron chi connectivity index (χ0n) is 11.5. The third-order valence-corrected chi connectivity index (χ3v) is 3.99. The van der Waals surface area contributed by atoms with Gasteiger partial charge in [-0.15, -0.1) is 22.9 Å². The molecule has 1 aromatic heterocycles. The van der Waals surface area contributed by atoms with E-state index in [0.717, 1.165) is 17.0 Å². The minimum Gasteiger partial charge on any atom is -0.486 e. The van der Waals surface area contributed by atoms with Crippen LogP contribution in [0.3, 0.4) is 0 Å². The van der Waals surface area contributed by atoms with Crippen molar-refractivity contribution in [3.8, 4) is 11.5 Å². The molecule has 2 heterocycles. The fourth-order valence-electron chi connectivity index (χ4n) is 1.91. The van der Waals surface area contributed by atoms with Gasteiger partial charge in [-0.2, -0.15) is 0 Å². The van der Waals surface area contributed by atoms with Crippen molar-refractivity contribution >= 4 is 40.1 Å². The van der Waals surface area contributed by atoms with Crippen LogP contribution in [0.2, 0.25) is 0 Å².